The zero-order valence-electron chi connectivity index (χ0n) is 12.2. The maximum atomic E-state index is 9.12. The summed E-state index contributed by atoms with van der Waals surface area (Å²) in [4.78, 5) is 0. The highest BCUT2D eigenvalue weighted by atomic mass is 31.1. The van der Waals surface area contributed by atoms with Gasteiger partial charge in [-0.1, -0.05) is 84.9 Å². The Hall–Kier alpha value is -2.42. The third-order valence-electron chi connectivity index (χ3n) is 3.53. The Bertz CT molecular complexity index is 736. The molecule has 0 bridgehead atoms. The lowest BCUT2D eigenvalue weighted by molar-refractivity contribution is 1.28. The van der Waals surface area contributed by atoms with Gasteiger partial charge in [-0.25, -0.2) is 0 Å². The lowest BCUT2D eigenvalue weighted by atomic mass is 10.2. The van der Waals surface area contributed by atoms with E-state index in [1.165, 1.54) is 15.9 Å². The molecule has 3 aromatic rings. The third-order valence-corrected chi connectivity index (χ3v) is 6.08. The second kappa shape index (κ2) is 7.03. The Morgan fingerprint density at radius 2 is 1.18 bits per heavy atom. The standard InChI is InChI=1S/C20H16NP/c21-16-15-17-9-7-8-14-20(17)22(18-10-3-1-4-11-18)19-12-5-2-6-13-19/h1-14H,15H2. The number of benzene rings is 3. The Balaban J connectivity index is 2.17. The van der Waals surface area contributed by atoms with Gasteiger partial charge in [-0.2, -0.15) is 5.26 Å². The Kier molecular flexibility index (Phi) is 4.64. The molecule has 2 heteroatoms. The molecule has 0 aliphatic carbocycles. The smallest absolute Gasteiger partial charge is 0.0669 e. The predicted molar refractivity (Wildman–Crippen MR) is 94.5 cm³/mol. The van der Waals surface area contributed by atoms with E-state index < -0.39 is 7.92 Å². The van der Waals surface area contributed by atoms with Crippen molar-refractivity contribution in [1.82, 2.24) is 0 Å². The molecule has 0 heterocycles. The molecule has 22 heavy (non-hydrogen) atoms. The number of hydrogen-bond acceptors (Lipinski definition) is 1. The van der Waals surface area contributed by atoms with E-state index in [-0.39, 0.29) is 0 Å². The fraction of sp³-hybridized carbons (Fsp3) is 0.0500. The van der Waals surface area contributed by atoms with E-state index in [4.69, 9.17) is 5.26 Å². The van der Waals surface area contributed by atoms with Crippen molar-refractivity contribution in [2.24, 2.45) is 0 Å². The zero-order chi connectivity index (χ0) is 15.2. The largest absolute Gasteiger partial charge is 0.198 e. The molecule has 0 aliphatic heterocycles. The van der Waals surface area contributed by atoms with Gasteiger partial charge < -0.3 is 0 Å². The summed E-state index contributed by atoms with van der Waals surface area (Å²) in [6, 6.07) is 31.8. The quantitative estimate of drug-likeness (QED) is 0.677. The molecular weight excluding hydrogens is 285 g/mol. The van der Waals surface area contributed by atoms with Crippen LogP contribution in [-0.2, 0) is 6.42 Å². The molecule has 0 unspecified atom stereocenters. The first-order valence-electron chi connectivity index (χ1n) is 7.25. The van der Waals surface area contributed by atoms with E-state index in [0.717, 1.165) is 5.56 Å². The molecule has 0 radical (unpaired) electrons. The highest BCUT2D eigenvalue weighted by Gasteiger charge is 2.18. The summed E-state index contributed by atoms with van der Waals surface area (Å²) in [5.74, 6) is 0. The fourth-order valence-corrected chi connectivity index (χ4v) is 5.02. The minimum Gasteiger partial charge on any atom is -0.198 e. The maximum absolute atomic E-state index is 9.12. The molecule has 0 atom stereocenters. The Morgan fingerprint density at radius 3 is 1.73 bits per heavy atom. The van der Waals surface area contributed by atoms with E-state index in [2.05, 4.69) is 72.8 Å². The van der Waals surface area contributed by atoms with E-state index in [0.29, 0.717) is 6.42 Å². The van der Waals surface area contributed by atoms with Crippen LogP contribution in [0.1, 0.15) is 5.56 Å². The zero-order valence-corrected chi connectivity index (χ0v) is 13.1. The minimum atomic E-state index is -0.629. The van der Waals surface area contributed by atoms with Crippen molar-refractivity contribution in [3.8, 4) is 6.07 Å². The van der Waals surface area contributed by atoms with Crippen LogP contribution < -0.4 is 15.9 Å². The van der Waals surface area contributed by atoms with Gasteiger partial charge >= 0.3 is 0 Å². The molecule has 0 aliphatic rings. The van der Waals surface area contributed by atoms with Crippen LogP contribution in [-0.4, -0.2) is 0 Å². The fourth-order valence-electron chi connectivity index (χ4n) is 2.55. The normalized spacial score (nSPS) is 10.4. The van der Waals surface area contributed by atoms with Gasteiger partial charge in [-0.3, -0.25) is 0 Å². The second-order valence-corrected chi connectivity index (χ2v) is 7.16. The van der Waals surface area contributed by atoms with Crippen molar-refractivity contribution in [2.75, 3.05) is 0 Å². The van der Waals surface area contributed by atoms with Crippen LogP contribution in [0.25, 0.3) is 0 Å². The van der Waals surface area contributed by atoms with Crippen LogP contribution in [0, 0.1) is 11.3 Å². The van der Waals surface area contributed by atoms with Crippen molar-refractivity contribution in [3.05, 3.63) is 90.5 Å². The lowest BCUT2D eigenvalue weighted by Crippen LogP contribution is -2.23. The van der Waals surface area contributed by atoms with Gasteiger partial charge in [0.25, 0.3) is 0 Å². The van der Waals surface area contributed by atoms with Crippen LogP contribution in [0.5, 0.6) is 0 Å². The van der Waals surface area contributed by atoms with Crippen LogP contribution in [0.2, 0.25) is 0 Å². The molecule has 106 valence electrons. The minimum absolute atomic E-state index is 0.453. The molecule has 0 fully saturated rings. The van der Waals surface area contributed by atoms with Crippen molar-refractivity contribution < 1.29 is 0 Å². The summed E-state index contributed by atoms with van der Waals surface area (Å²) in [5.41, 5.74) is 1.13. The SMILES string of the molecule is N#CCc1ccccc1P(c1ccccc1)c1ccccc1. The number of hydrogen-bond donors (Lipinski definition) is 0. The summed E-state index contributed by atoms with van der Waals surface area (Å²) in [5, 5.41) is 13.0. The summed E-state index contributed by atoms with van der Waals surface area (Å²) >= 11 is 0. The van der Waals surface area contributed by atoms with Crippen LogP contribution in [0.15, 0.2) is 84.9 Å². The molecule has 0 amide bonds. The summed E-state index contributed by atoms with van der Waals surface area (Å²) in [6.07, 6.45) is 0.453. The molecular formula is C20H16NP. The average Bonchev–Trinajstić information content (AvgIpc) is 2.59. The molecule has 0 N–H and O–H groups in total. The second-order valence-electron chi connectivity index (χ2n) is 4.97. The average molecular weight is 301 g/mol. The maximum Gasteiger partial charge on any atom is 0.0669 e. The van der Waals surface area contributed by atoms with Gasteiger partial charge in [0.2, 0.25) is 0 Å². The molecule has 0 saturated carbocycles. The highest BCUT2D eigenvalue weighted by Crippen LogP contribution is 2.33. The first kappa shape index (κ1) is 14.5. The third kappa shape index (κ3) is 3.08. The van der Waals surface area contributed by atoms with Crippen molar-refractivity contribution in [1.29, 1.82) is 5.26 Å². The van der Waals surface area contributed by atoms with Crippen molar-refractivity contribution >= 4 is 23.8 Å². The van der Waals surface area contributed by atoms with E-state index in [1.54, 1.807) is 0 Å². The van der Waals surface area contributed by atoms with E-state index in [1.807, 2.05) is 18.2 Å². The van der Waals surface area contributed by atoms with Crippen LogP contribution in [0.4, 0.5) is 0 Å². The van der Waals surface area contributed by atoms with E-state index >= 15 is 0 Å². The van der Waals surface area contributed by atoms with E-state index in [9.17, 15) is 0 Å². The topological polar surface area (TPSA) is 23.8 Å². The van der Waals surface area contributed by atoms with Crippen LogP contribution >= 0.6 is 7.92 Å². The van der Waals surface area contributed by atoms with Crippen molar-refractivity contribution in [3.63, 3.8) is 0 Å². The monoisotopic (exact) mass is 301 g/mol. The lowest BCUT2D eigenvalue weighted by Gasteiger charge is -2.21. The first-order chi connectivity index (χ1) is 10.9. The summed E-state index contributed by atoms with van der Waals surface area (Å²) in [6.45, 7) is 0. The van der Waals surface area contributed by atoms with Gasteiger partial charge in [-0.15, -0.1) is 0 Å². The molecule has 3 rings (SSSR count). The first-order valence-corrected chi connectivity index (χ1v) is 8.59. The summed E-state index contributed by atoms with van der Waals surface area (Å²) in [7, 11) is -0.629. The predicted octanol–water partition coefficient (Wildman–Crippen LogP) is 3.51. The number of rotatable bonds is 4. The number of nitrogens with zero attached hydrogens (tertiary/aromatic N) is 1. The molecule has 0 spiro atoms. The highest BCUT2D eigenvalue weighted by molar-refractivity contribution is 7.79. The molecule has 0 aromatic heterocycles. The molecule has 3 aromatic carbocycles. The number of nitriles is 1. The van der Waals surface area contributed by atoms with Gasteiger partial charge in [0.1, 0.15) is 0 Å². The van der Waals surface area contributed by atoms with Gasteiger partial charge in [0, 0.05) is 0 Å². The van der Waals surface area contributed by atoms with Gasteiger partial charge in [0.15, 0.2) is 0 Å². The molecule has 0 saturated heterocycles. The van der Waals surface area contributed by atoms with Gasteiger partial charge in [0.05, 0.1) is 12.5 Å². The van der Waals surface area contributed by atoms with Crippen LogP contribution in [0.3, 0.4) is 0 Å². The Morgan fingerprint density at radius 1 is 0.682 bits per heavy atom. The molecule has 1 nitrogen and oxygen atoms in total. The van der Waals surface area contributed by atoms with Gasteiger partial charge in [-0.05, 0) is 29.4 Å². The van der Waals surface area contributed by atoms with Crippen molar-refractivity contribution in [2.45, 2.75) is 6.42 Å². The Labute approximate surface area is 132 Å². The summed E-state index contributed by atoms with van der Waals surface area (Å²) < 4.78 is 0.